The molecule has 0 aliphatic heterocycles. The zero-order chi connectivity index (χ0) is 12.6. The molecule has 0 bridgehead atoms. The molecule has 3 N–H and O–H groups in total. The number of sulfonamides is 1. The van der Waals surface area contributed by atoms with Crippen LogP contribution in [0.3, 0.4) is 0 Å². The number of hydrogen-bond donors (Lipinski definition) is 2. The van der Waals surface area contributed by atoms with Crippen molar-refractivity contribution in [2.45, 2.75) is 25.2 Å². The maximum atomic E-state index is 12.0. The highest BCUT2D eigenvalue weighted by Crippen LogP contribution is 2.37. The summed E-state index contributed by atoms with van der Waals surface area (Å²) in [7, 11) is -3.46. The molecule has 1 aliphatic carbocycles. The Bertz CT molecular complexity index is 525. The first kappa shape index (κ1) is 12.4. The van der Waals surface area contributed by atoms with Gasteiger partial charge >= 0.3 is 0 Å². The van der Waals surface area contributed by atoms with Crippen molar-refractivity contribution in [2.75, 3.05) is 12.3 Å². The molecule has 0 radical (unpaired) electrons. The van der Waals surface area contributed by atoms with Crippen LogP contribution in [0, 0.1) is 18.8 Å². The van der Waals surface area contributed by atoms with Gasteiger partial charge in [-0.05, 0) is 42.9 Å². The highest BCUT2D eigenvalue weighted by molar-refractivity contribution is 7.89. The lowest BCUT2D eigenvalue weighted by Gasteiger charge is -2.09. The molecule has 2 unspecified atom stereocenters. The molecule has 1 aromatic carbocycles. The fourth-order valence-electron chi connectivity index (χ4n) is 1.89. The van der Waals surface area contributed by atoms with Crippen LogP contribution in [0.5, 0.6) is 0 Å². The Morgan fingerprint density at radius 1 is 1.47 bits per heavy atom. The van der Waals surface area contributed by atoms with Crippen molar-refractivity contribution in [3.8, 4) is 0 Å². The first-order valence-corrected chi connectivity index (χ1v) is 7.24. The molecule has 1 saturated carbocycles. The molecule has 2 rings (SSSR count). The molecule has 1 aromatic rings. The van der Waals surface area contributed by atoms with Gasteiger partial charge in [0.2, 0.25) is 10.0 Å². The van der Waals surface area contributed by atoms with Crippen molar-refractivity contribution in [3.63, 3.8) is 0 Å². The van der Waals surface area contributed by atoms with Crippen LogP contribution in [-0.4, -0.2) is 15.0 Å². The second-order valence-electron chi connectivity index (χ2n) is 4.87. The van der Waals surface area contributed by atoms with Crippen molar-refractivity contribution < 1.29 is 8.42 Å². The lowest BCUT2D eigenvalue weighted by molar-refractivity contribution is 0.575. The SMILES string of the molecule is Cc1ccc(S(=O)(=O)NCC2CC2C)c(N)c1. The van der Waals surface area contributed by atoms with Crippen molar-refractivity contribution >= 4 is 15.7 Å². The van der Waals surface area contributed by atoms with Gasteiger partial charge in [0.1, 0.15) is 4.90 Å². The highest BCUT2D eigenvalue weighted by Gasteiger charge is 2.33. The average Bonchev–Trinajstić information content (AvgIpc) is 2.91. The molecule has 0 saturated heterocycles. The van der Waals surface area contributed by atoms with Crippen LogP contribution in [0.25, 0.3) is 0 Å². The van der Waals surface area contributed by atoms with Crippen molar-refractivity contribution in [2.24, 2.45) is 11.8 Å². The molecule has 5 heteroatoms. The Hall–Kier alpha value is -1.07. The summed E-state index contributed by atoms with van der Waals surface area (Å²) in [5, 5.41) is 0. The average molecular weight is 254 g/mol. The standard InChI is InChI=1S/C12H18N2O2S/c1-8-3-4-12(11(13)5-8)17(15,16)14-7-10-6-9(10)2/h3-5,9-10,14H,6-7,13H2,1-2H3. The van der Waals surface area contributed by atoms with Crippen LogP contribution in [0.2, 0.25) is 0 Å². The summed E-state index contributed by atoms with van der Waals surface area (Å²) in [6, 6.07) is 4.99. The van der Waals surface area contributed by atoms with Gasteiger partial charge in [-0.1, -0.05) is 13.0 Å². The van der Waals surface area contributed by atoms with Crippen LogP contribution in [0.15, 0.2) is 23.1 Å². The molecule has 0 aromatic heterocycles. The summed E-state index contributed by atoms with van der Waals surface area (Å²) >= 11 is 0. The minimum Gasteiger partial charge on any atom is -0.398 e. The van der Waals surface area contributed by atoms with Gasteiger partial charge in [0.25, 0.3) is 0 Å². The first-order valence-electron chi connectivity index (χ1n) is 5.76. The van der Waals surface area contributed by atoms with Crippen LogP contribution >= 0.6 is 0 Å². The lowest BCUT2D eigenvalue weighted by Crippen LogP contribution is -2.27. The van der Waals surface area contributed by atoms with E-state index in [9.17, 15) is 8.42 Å². The third kappa shape index (κ3) is 2.79. The molecule has 17 heavy (non-hydrogen) atoms. The molecule has 1 fully saturated rings. The molecule has 94 valence electrons. The molecule has 2 atom stereocenters. The van der Waals surface area contributed by atoms with E-state index in [1.165, 1.54) is 0 Å². The summed E-state index contributed by atoms with van der Waals surface area (Å²) in [6.45, 7) is 4.52. The second-order valence-corrected chi connectivity index (χ2v) is 6.60. The minimum absolute atomic E-state index is 0.177. The van der Waals surface area contributed by atoms with Crippen molar-refractivity contribution in [3.05, 3.63) is 23.8 Å². The van der Waals surface area contributed by atoms with E-state index < -0.39 is 10.0 Å². The predicted octanol–water partition coefficient (Wildman–Crippen LogP) is 1.51. The number of anilines is 1. The van der Waals surface area contributed by atoms with E-state index in [-0.39, 0.29) is 4.90 Å². The zero-order valence-electron chi connectivity index (χ0n) is 10.1. The smallest absolute Gasteiger partial charge is 0.242 e. The van der Waals surface area contributed by atoms with Gasteiger partial charge in [-0.2, -0.15) is 0 Å². The fourth-order valence-corrected chi connectivity index (χ4v) is 3.10. The Morgan fingerprint density at radius 2 is 2.12 bits per heavy atom. The van der Waals surface area contributed by atoms with Gasteiger partial charge in [0, 0.05) is 6.54 Å². The molecular weight excluding hydrogens is 236 g/mol. The number of nitrogen functional groups attached to an aromatic ring is 1. The minimum atomic E-state index is -3.46. The zero-order valence-corrected chi connectivity index (χ0v) is 10.9. The Kier molecular flexibility index (Phi) is 3.14. The molecule has 4 nitrogen and oxygen atoms in total. The van der Waals surface area contributed by atoms with E-state index in [0.29, 0.717) is 24.1 Å². The number of rotatable bonds is 4. The highest BCUT2D eigenvalue weighted by atomic mass is 32.2. The van der Waals surface area contributed by atoms with Crippen LogP contribution in [0.4, 0.5) is 5.69 Å². The van der Waals surface area contributed by atoms with E-state index in [0.717, 1.165) is 12.0 Å². The topological polar surface area (TPSA) is 72.2 Å². The quantitative estimate of drug-likeness (QED) is 0.800. The first-order chi connectivity index (χ1) is 7.90. The molecule has 0 amide bonds. The van der Waals surface area contributed by atoms with Gasteiger partial charge in [-0.3, -0.25) is 0 Å². The maximum Gasteiger partial charge on any atom is 0.242 e. The summed E-state index contributed by atoms with van der Waals surface area (Å²) in [6.07, 6.45) is 1.10. The van der Waals surface area contributed by atoms with Gasteiger partial charge in [0.05, 0.1) is 5.69 Å². The number of nitrogens with two attached hydrogens (primary N) is 1. The van der Waals surface area contributed by atoms with E-state index in [4.69, 9.17) is 5.73 Å². The van der Waals surface area contributed by atoms with E-state index >= 15 is 0 Å². The molecule has 0 spiro atoms. The predicted molar refractivity (Wildman–Crippen MR) is 68.1 cm³/mol. The van der Waals surface area contributed by atoms with E-state index in [1.807, 2.05) is 6.92 Å². The van der Waals surface area contributed by atoms with Crippen LogP contribution in [0.1, 0.15) is 18.9 Å². The van der Waals surface area contributed by atoms with Gasteiger partial charge < -0.3 is 5.73 Å². The monoisotopic (exact) mass is 254 g/mol. The van der Waals surface area contributed by atoms with Gasteiger partial charge in [-0.15, -0.1) is 0 Å². The molecule has 0 heterocycles. The fraction of sp³-hybridized carbons (Fsp3) is 0.500. The van der Waals surface area contributed by atoms with Gasteiger partial charge in [0.15, 0.2) is 0 Å². The van der Waals surface area contributed by atoms with Crippen molar-refractivity contribution in [1.29, 1.82) is 0 Å². The number of nitrogens with one attached hydrogen (secondary N) is 1. The third-order valence-corrected chi connectivity index (χ3v) is 4.76. The summed E-state index contributed by atoms with van der Waals surface area (Å²) in [5.74, 6) is 1.12. The number of benzene rings is 1. The second kappa shape index (κ2) is 4.31. The van der Waals surface area contributed by atoms with E-state index in [2.05, 4.69) is 11.6 Å². The number of aryl methyl sites for hydroxylation is 1. The molecular formula is C12H18N2O2S. The Balaban J connectivity index is 2.13. The van der Waals surface area contributed by atoms with Crippen molar-refractivity contribution in [1.82, 2.24) is 4.72 Å². The third-order valence-electron chi connectivity index (χ3n) is 3.27. The van der Waals surface area contributed by atoms with Gasteiger partial charge in [-0.25, -0.2) is 13.1 Å². The molecule has 1 aliphatic rings. The maximum absolute atomic E-state index is 12.0. The largest absolute Gasteiger partial charge is 0.398 e. The normalized spacial score (nSPS) is 23.6. The Labute approximate surface area is 102 Å². The summed E-state index contributed by atoms with van der Waals surface area (Å²) < 4.78 is 26.6. The summed E-state index contributed by atoms with van der Waals surface area (Å²) in [4.78, 5) is 0.177. The van der Waals surface area contributed by atoms with Crippen LogP contribution < -0.4 is 10.5 Å². The van der Waals surface area contributed by atoms with E-state index in [1.54, 1.807) is 18.2 Å². The Morgan fingerprint density at radius 3 is 2.65 bits per heavy atom. The van der Waals surface area contributed by atoms with Crippen LogP contribution in [-0.2, 0) is 10.0 Å². The number of hydrogen-bond acceptors (Lipinski definition) is 3. The summed E-state index contributed by atoms with van der Waals surface area (Å²) in [5.41, 5.74) is 7.00. The lowest BCUT2D eigenvalue weighted by atomic mass is 10.2.